The molecule has 2 N–H and O–H groups in total. The SMILES string of the molecule is COc1ccc(COC(=O)C2=C(C)NC3=C(C(=O)CC(C)(C)C3)C2c2ccc(OC)c(O)c2)cc1. The van der Waals surface area contributed by atoms with E-state index in [1.165, 1.54) is 7.11 Å². The van der Waals surface area contributed by atoms with E-state index in [4.69, 9.17) is 14.2 Å². The topological polar surface area (TPSA) is 94.1 Å². The molecule has 184 valence electrons. The number of carbonyl (C=O) groups excluding carboxylic acids is 2. The molecule has 35 heavy (non-hydrogen) atoms. The maximum Gasteiger partial charge on any atom is 0.337 e. The second-order valence-corrected chi connectivity index (χ2v) is 9.79. The lowest BCUT2D eigenvalue weighted by Crippen LogP contribution is -2.38. The van der Waals surface area contributed by atoms with Crippen molar-refractivity contribution in [3.8, 4) is 17.2 Å². The molecule has 1 atom stereocenters. The van der Waals surface area contributed by atoms with Crippen LogP contribution in [0.5, 0.6) is 17.2 Å². The van der Waals surface area contributed by atoms with Crippen molar-refractivity contribution in [3.05, 3.63) is 76.1 Å². The van der Waals surface area contributed by atoms with Gasteiger partial charge in [0.1, 0.15) is 12.4 Å². The van der Waals surface area contributed by atoms with Crippen molar-refractivity contribution < 1.29 is 28.9 Å². The molecule has 0 amide bonds. The minimum atomic E-state index is -0.657. The van der Waals surface area contributed by atoms with E-state index in [-0.39, 0.29) is 23.6 Å². The monoisotopic (exact) mass is 477 g/mol. The third-order valence-corrected chi connectivity index (χ3v) is 6.52. The Balaban J connectivity index is 1.72. The lowest BCUT2D eigenvalue weighted by atomic mass is 9.68. The number of allylic oxidation sites excluding steroid dienone is 3. The van der Waals surface area contributed by atoms with Crippen molar-refractivity contribution in [2.75, 3.05) is 14.2 Å². The second-order valence-electron chi connectivity index (χ2n) is 9.79. The fourth-order valence-corrected chi connectivity index (χ4v) is 4.87. The number of aromatic hydroxyl groups is 1. The number of hydrogen-bond donors (Lipinski definition) is 2. The van der Waals surface area contributed by atoms with Crippen LogP contribution in [0, 0.1) is 5.41 Å². The molecule has 2 aromatic carbocycles. The van der Waals surface area contributed by atoms with Crippen LogP contribution in [-0.2, 0) is 20.9 Å². The number of phenolic OH excluding ortho intramolecular Hbond substituents is 1. The van der Waals surface area contributed by atoms with Crippen molar-refractivity contribution >= 4 is 11.8 Å². The molecule has 1 unspecified atom stereocenters. The molecular weight excluding hydrogens is 446 g/mol. The molecule has 0 radical (unpaired) electrons. The third kappa shape index (κ3) is 4.90. The highest BCUT2D eigenvalue weighted by molar-refractivity contribution is 6.04. The van der Waals surface area contributed by atoms with Crippen LogP contribution >= 0.6 is 0 Å². The predicted molar refractivity (Wildman–Crippen MR) is 131 cm³/mol. The molecule has 0 bridgehead atoms. The summed E-state index contributed by atoms with van der Waals surface area (Å²) in [6, 6.07) is 12.2. The molecule has 1 aliphatic heterocycles. The highest BCUT2D eigenvalue weighted by Crippen LogP contribution is 2.47. The summed E-state index contributed by atoms with van der Waals surface area (Å²) in [6.07, 6.45) is 1.05. The van der Waals surface area contributed by atoms with Crippen LogP contribution in [0.25, 0.3) is 0 Å². The number of benzene rings is 2. The Morgan fingerprint density at radius 3 is 2.43 bits per heavy atom. The Bertz CT molecular complexity index is 1220. The molecule has 0 spiro atoms. The highest BCUT2D eigenvalue weighted by Gasteiger charge is 2.43. The lowest BCUT2D eigenvalue weighted by Gasteiger charge is -2.39. The van der Waals surface area contributed by atoms with Gasteiger partial charge in [0.15, 0.2) is 17.3 Å². The van der Waals surface area contributed by atoms with Crippen LogP contribution in [0.3, 0.4) is 0 Å². The minimum absolute atomic E-state index is 0.0167. The standard InChI is InChI=1S/C28H31NO6/c1-16-24(27(32)35-15-17-6-9-19(33-4)10-7-17)25(18-8-11-23(34-5)21(30)12-18)26-20(29-16)13-28(2,3)14-22(26)31/h6-12,25,29-30H,13-15H2,1-5H3. The Kier molecular flexibility index (Phi) is 6.61. The molecule has 4 rings (SSSR count). The molecule has 0 saturated carbocycles. The highest BCUT2D eigenvalue weighted by atomic mass is 16.5. The van der Waals surface area contributed by atoms with Crippen LogP contribution in [0.4, 0.5) is 0 Å². The van der Waals surface area contributed by atoms with Gasteiger partial charge >= 0.3 is 5.97 Å². The Hall–Kier alpha value is -3.74. The van der Waals surface area contributed by atoms with Gasteiger partial charge in [-0.25, -0.2) is 4.79 Å². The molecule has 1 aliphatic carbocycles. The Labute approximate surface area is 205 Å². The Morgan fingerprint density at radius 1 is 1.09 bits per heavy atom. The van der Waals surface area contributed by atoms with Crippen LogP contribution in [-0.4, -0.2) is 31.1 Å². The van der Waals surface area contributed by atoms with E-state index < -0.39 is 11.9 Å². The molecule has 0 fully saturated rings. The third-order valence-electron chi connectivity index (χ3n) is 6.52. The molecule has 2 aromatic rings. The molecule has 0 saturated heterocycles. The average Bonchev–Trinajstić information content (AvgIpc) is 2.81. The maximum atomic E-state index is 13.4. The number of carbonyl (C=O) groups is 2. The summed E-state index contributed by atoms with van der Waals surface area (Å²) in [6.45, 7) is 6.01. The van der Waals surface area contributed by atoms with Gasteiger partial charge in [-0.3, -0.25) is 4.79 Å². The van der Waals surface area contributed by atoms with Gasteiger partial charge in [-0.05, 0) is 54.2 Å². The normalized spacial score (nSPS) is 19.1. The van der Waals surface area contributed by atoms with Crippen molar-refractivity contribution in [1.82, 2.24) is 5.32 Å². The number of dihydropyridines is 1. The molecular formula is C28H31NO6. The van der Waals surface area contributed by atoms with Crippen molar-refractivity contribution in [1.29, 1.82) is 0 Å². The first-order valence-electron chi connectivity index (χ1n) is 11.5. The molecule has 2 aliphatic rings. The maximum absolute atomic E-state index is 13.4. The Morgan fingerprint density at radius 2 is 1.80 bits per heavy atom. The van der Waals surface area contributed by atoms with E-state index in [9.17, 15) is 14.7 Å². The van der Waals surface area contributed by atoms with E-state index in [2.05, 4.69) is 19.2 Å². The van der Waals surface area contributed by atoms with E-state index in [1.807, 2.05) is 19.1 Å². The largest absolute Gasteiger partial charge is 0.504 e. The molecule has 7 heteroatoms. The van der Waals surface area contributed by atoms with Crippen molar-refractivity contribution in [3.63, 3.8) is 0 Å². The number of methoxy groups -OCH3 is 2. The van der Waals surface area contributed by atoms with Crippen LogP contribution < -0.4 is 14.8 Å². The van der Waals surface area contributed by atoms with Crippen molar-refractivity contribution in [2.45, 2.75) is 46.1 Å². The van der Waals surface area contributed by atoms with Crippen molar-refractivity contribution in [2.24, 2.45) is 5.41 Å². The summed E-state index contributed by atoms with van der Waals surface area (Å²) in [7, 11) is 3.06. The number of Topliss-reactive ketones (excluding diaryl/α,β-unsaturated/α-hetero) is 1. The zero-order valence-corrected chi connectivity index (χ0v) is 20.7. The number of hydrogen-bond acceptors (Lipinski definition) is 7. The number of esters is 1. The lowest BCUT2D eigenvalue weighted by molar-refractivity contribution is -0.140. The van der Waals surface area contributed by atoms with Gasteiger partial charge in [-0.15, -0.1) is 0 Å². The van der Waals surface area contributed by atoms with Crippen LogP contribution in [0.1, 0.15) is 50.7 Å². The van der Waals surface area contributed by atoms with Crippen LogP contribution in [0.15, 0.2) is 65.0 Å². The first-order chi connectivity index (χ1) is 16.6. The fourth-order valence-electron chi connectivity index (χ4n) is 4.87. The average molecular weight is 478 g/mol. The van der Waals surface area contributed by atoms with E-state index in [0.717, 1.165) is 11.3 Å². The van der Waals surface area contributed by atoms with E-state index >= 15 is 0 Å². The predicted octanol–water partition coefficient (Wildman–Crippen LogP) is 4.76. The molecule has 7 nitrogen and oxygen atoms in total. The van der Waals surface area contributed by atoms with Crippen LogP contribution in [0.2, 0.25) is 0 Å². The zero-order chi connectivity index (χ0) is 25.3. The van der Waals surface area contributed by atoms with Gasteiger partial charge in [0, 0.05) is 29.3 Å². The number of ketones is 1. The van der Waals surface area contributed by atoms with E-state index in [0.29, 0.717) is 46.7 Å². The van der Waals surface area contributed by atoms with Gasteiger partial charge in [0.05, 0.1) is 19.8 Å². The van der Waals surface area contributed by atoms with Gasteiger partial charge in [0.2, 0.25) is 0 Å². The fraction of sp³-hybridized carbons (Fsp3) is 0.357. The smallest absolute Gasteiger partial charge is 0.337 e. The first-order valence-corrected chi connectivity index (χ1v) is 11.5. The summed E-state index contributed by atoms with van der Waals surface area (Å²) in [5, 5.41) is 13.8. The molecule has 0 aromatic heterocycles. The van der Waals surface area contributed by atoms with Gasteiger partial charge in [0.25, 0.3) is 0 Å². The summed E-state index contributed by atoms with van der Waals surface area (Å²) < 4.78 is 16.1. The first kappa shape index (κ1) is 24.4. The van der Waals surface area contributed by atoms with Gasteiger partial charge in [-0.2, -0.15) is 0 Å². The minimum Gasteiger partial charge on any atom is -0.504 e. The summed E-state index contributed by atoms with van der Waals surface area (Å²) in [5.74, 6) is -0.217. The molecule has 1 heterocycles. The number of phenols is 1. The second kappa shape index (κ2) is 9.49. The summed E-state index contributed by atoms with van der Waals surface area (Å²) >= 11 is 0. The quantitative estimate of drug-likeness (QED) is 0.580. The van der Waals surface area contributed by atoms with Gasteiger partial charge in [-0.1, -0.05) is 32.0 Å². The number of rotatable bonds is 6. The van der Waals surface area contributed by atoms with E-state index in [1.54, 1.807) is 37.4 Å². The summed E-state index contributed by atoms with van der Waals surface area (Å²) in [5.41, 5.74) is 3.61. The van der Waals surface area contributed by atoms with Gasteiger partial charge < -0.3 is 24.6 Å². The number of nitrogens with one attached hydrogen (secondary N) is 1. The number of ether oxygens (including phenoxy) is 3. The summed E-state index contributed by atoms with van der Waals surface area (Å²) in [4.78, 5) is 26.8. The zero-order valence-electron chi connectivity index (χ0n) is 20.7.